The van der Waals surface area contributed by atoms with Crippen LogP contribution < -0.4 is 10.1 Å². The van der Waals surface area contributed by atoms with Crippen LogP contribution in [-0.4, -0.2) is 30.6 Å². The Balaban J connectivity index is 1.90. The molecule has 2 rings (SSSR count). The van der Waals surface area contributed by atoms with Crippen molar-refractivity contribution in [2.45, 2.75) is 64.0 Å². The first-order chi connectivity index (χ1) is 11.5. The number of thioether (sulfide) groups is 1. The summed E-state index contributed by atoms with van der Waals surface area (Å²) in [4.78, 5) is 12.5. The number of rotatable bonds is 7. The molecule has 1 aliphatic carbocycles. The van der Waals surface area contributed by atoms with Crippen molar-refractivity contribution in [1.82, 2.24) is 5.32 Å². The molecule has 0 unspecified atom stereocenters. The number of benzene rings is 1. The summed E-state index contributed by atoms with van der Waals surface area (Å²) >= 11 is 2.02. The highest BCUT2D eigenvalue weighted by Gasteiger charge is 2.16. The van der Waals surface area contributed by atoms with Gasteiger partial charge >= 0.3 is 0 Å². The zero-order chi connectivity index (χ0) is 17.5. The molecule has 0 atom stereocenters. The van der Waals surface area contributed by atoms with Gasteiger partial charge in [0.2, 0.25) is 0 Å². The van der Waals surface area contributed by atoms with E-state index in [4.69, 9.17) is 4.74 Å². The highest BCUT2D eigenvalue weighted by atomic mass is 32.2. The van der Waals surface area contributed by atoms with Crippen LogP contribution in [0.2, 0.25) is 0 Å². The largest absolute Gasteiger partial charge is 0.496 e. The van der Waals surface area contributed by atoms with E-state index in [1.807, 2.05) is 30.8 Å². The van der Waals surface area contributed by atoms with Crippen LogP contribution in [0.4, 0.5) is 0 Å². The molecule has 3 nitrogen and oxygen atoms in total. The smallest absolute Gasteiger partial charge is 0.251 e. The highest BCUT2D eigenvalue weighted by molar-refractivity contribution is 7.99. The third-order valence-electron chi connectivity index (χ3n) is 4.74. The minimum atomic E-state index is 0.0290. The van der Waals surface area contributed by atoms with E-state index in [0.717, 1.165) is 40.0 Å². The Kier molecular flexibility index (Phi) is 7.47. The van der Waals surface area contributed by atoms with E-state index >= 15 is 0 Å². The minimum Gasteiger partial charge on any atom is -0.496 e. The first-order valence-corrected chi connectivity index (χ1v) is 10.2. The highest BCUT2D eigenvalue weighted by Crippen LogP contribution is 2.30. The number of hydrogen-bond donors (Lipinski definition) is 1. The summed E-state index contributed by atoms with van der Waals surface area (Å²) in [7, 11) is 1.68. The molecule has 4 heteroatoms. The maximum atomic E-state index is 12.5. The van der Waals surface area contributed by atoms with Gasteiger partial charge in [-0.3, -0.25) is 4.79 Å². The zero-order valence-electron chi connectivity index (χ0n) is 15.5. The molecule has 1 aromatic carbocycles. The van der Waals surface area contributed by atoms with Gasteiger partial charge in [0.25, 0.3) is 5.91 Å². The second kappa shape index (κ2) is 9.36. The van der Waals surface area contributed by atoms with Gasteiger partial charge in [-0.15, -0.1) is 0 Å². The SMILES string of the molecule is COc1cc(C)c(C(=O)NCCSC2CCCCC2)cc1C(C)C. The lowest BCUT2D eigenvalue weighted by atomic mass is 9.96. The molecule has 1 fully saturated rings. The molecule has 0 saturated heterocycles. The Morgan fingerprint density at radius 2 is 2.00 bits per heavy atom. The Labute approximate surface area is 150 Å². The van der Waals surface area contributed by atoms with Crippen molar-refractivity contribution in [3.8, 4) is 5.75 Å². The lowest BCUT2D eigenvalue weighted by Gasteiger charge is -2.21. The van der Waals surface area contributed by atoms with Gasteiger partial charge in [0, 0.05) is 23.1 Å². The molecule has 0 radical (unpaired) electrons. The van der Waals surface area contributed by atoms with E-state index in [1.165, 1.54) is 32.1 Å². The molecule has 0 aliphatic heterocycles. The van der Waals surface area contributed by atoms with Crippen molar-refractivity contribution >= 4 is 17.7 Å². The molecule has 0 spiro atoms. The van der Waals surface area contributed by atoms with Gasteiger partial charge in [0.15, 0.2) is 0 Å². The number of carbonyl (C=O) groups excluding carboxylic acids is 1. The van der Waals surface area contributed by atoms with Crippen LogP contribution in [0.3, 0.4) is 0 Å². The summed E-state index contributed by atoms with van der Waals surface area (Å²) in [5, 5.41) is 3.88. The Morgan fingerprint density at radius 3 is 2.62 bits per heavy atom. The summed E-state index contributed by atoms with van der Waals surface area (Å²) in [5.74, 6) is 2.23. The summed E-state index contributed by atoms with van der Waals surface area (Å²) in [6.07, 6.45) is 6.81. The van der Waals surface area contributed by atoms with Gasteiger partial charge < -0.3 is 10.1 Å². The van der Waals surface area contributed by atoms with E-state index in [1.54, 1.807) is 7.11 Å². The van der Waals surface area contributed by atoms with E-state index in [2.05, 4.69) is 19.2 Å². The average Bonchev–Trinajstić information content (AvgIpc) is 2.58. The molecule has 24 heavy (non-hydrogen) atoms. The number of aryl methyl sites for hydroxylation is 1. The van der Waals surface area contributed by atoms with Gasteiger partial charge in [0.1, 0.15) is 5.75 Å². The summed E-state index contributed by atoms with van der Waals surface area (Å²) in [6, 6.07) is 3.96. The molecule has 1 aliphatic rings. The van der Waals surface area contributed by atoms with E-state index in [9.17, 15) is 4.79 Å². The van der Waals surface area contributed by atoms with Crippen LogP contribution in [-0.2, 0) is 0 Å². The molecular weight excluding hydrogens is 318 g/mol. The second-order valence-corrected chi connectivity index (χ2v) is 8.36. The lowest BCUT2D eigenvalue weighted by molar-refractivity contribution is 0.0955. The van der Waals surface area contributed by atoms with Gasteiger partial charge in [-0.2, -0.15) is 11.8 Å². The average molecular weight is 350 g/mol. The fourth-order valence-corrected chi connectivity index (χ4v) is 4.51. The molecule has 134 valence electrons. The summed E-state index contributed by atoms with van der Waals surface area (Å²) in [6.45, 7) is 6.95. The monoisotopic (exact) mass is 349 g/mol. The lowest BCUT2D eigenvalue weighted by Crippen LogP contribution is -2.27. The van der Waals surface area contributed by atoms with E-state index in [-0.39, 0.29) is 5.91 Å². The van der Waals surface area contributed by atoms with Crippen LogP contribution in [0.25, 0.3) is 0 Å². The molecule has 1 N–H and O–H groups in total. The molecule has 0 aromatic heterocycles. The van der Waals surface area contributed by atoms with Gasteiger partial charge in [0.05, 0.1) is 7.11 Å². The fourth-order valence-electron chi connectivity index (χ4n) is 3.29. The number of hydrogen-bond acceptors (Lipinski definition) is 3. The first kappa shape index (κ1) is 19.2. The predicted octanol–water partition coefficient (Wildman–Crippen LogP) is 4.92. The molecule has 1 aromatic rings. The van der Waals surface area contributed by atoms with Crippen molar-refractivity contribution in [3.63, 3.8) is 0 Å². The topological polar surface area (TPSA) is 38.3 Å². The third kappa shape index (κ3) is 5.17. The van der Waals surface area contributed by atoms with Crippen molar-refractivity contribution in [2.24, 2.45) is 0 Å². The Bertz CT molecular complexity index is 551. The summed E-state index contributed by atoms with van der Waals surface area (Å²) < 4.78 is 5.45. The van der Waals surface area contributed by atoms with Crippen LogP contribution in [0.15, 0.2) is 12.1 Å². The number of carbonyl (C=O) groups is 1. The predicted molar refractivity (Wildman–Crippen MR) is 103 cm³/mol. The van der Waals surface area contributed by atoms with Gasteiger partial charge in [-0.25, -0.2) is 0 Å². The van der Waals surface area contributed by atoms with Crippen molar-refractivity contribution < 1.29 is 9.53 Å². The maximum Gasteiger partial charge on any atom is 0.251 e. The number of amides is 1. The Hall–Kier alpha value is -1.16. The number of nitrogens with one attached hydrogen (secondary N) is 1. The van der Waals surface area contributed by atoms with Crippen molar-refractivity contribution in [3.05, 3.63) is 28.8 Å². The van der Waals surface area contributed by atoms with E-state index in [0.29, 0.717) is 5.92 Å². The number of ether oxygens (including phenoxy) is 1. The van der Waals surface area contributed by atoms with Crippen molar-refractivity contribution in [2.75, 3.05) is 19.4 Å². The molecule has 0 heterocycles. The second-order valence-electron chi connectivity index (χ2n) is 6.95. The van der Waals surface area contributed by atoms with Crippen LogP contribution in [0.1, 0.15) is 73.4 Å². The van der Waals surface area contributed by atoms with E-state index < -0.39 is 0 Å². The maximum absolute atomic E-state index is 12.5. The van der Waals surface area contributed by atoms with Crippen LogP contribution >= 0.6 is 11.8 Å². The standard InChI is InChI=1S/C20H31NO2S/c1-14(2)17-13-18(15(3)12-19(17)23-4)20(22)21-10-11-24-16-8-6-5-7-9-16/h12-14,16H,5-11H2,1-4H3,(H,21,22). The summed E-state index contributed by atoms with van der Waals surface area (Å²) in [5.41, 5.74) is 2.82. The van der Waals surface area contributed by atoms with Crippen molar-refractivity contribution in [1.29, 1.82) is 0 Å². The molecular formula is C20H31NO2S. The molecule has 1 saturated carbocycles. The zero-order valence-corrected chi connectivity index (χ0v) is 16.3. The Morgan fingerprint density at radius 1 is 1.29 bits per heavy atom. The van der Waals surface area contributed by atoms with Gasteiger partial charge in [-0.1, -0.05) is 33.1 Å². The van der Waals surface area contributed by atoms with Crippen LogP contribution in [0, 0.1) is 6.92 Å². The number of methoxy groups -OCH3 is 1. The quantitative estimate of drug-likeness (QED) is 0.710. The minimum absolute atomic E-state index is 0.0290. The molecule has 1 amide bonds. The molecule has 0 bridgehead atoms. The normalized spacial score (nSPS) is 15.5. The third-order valence-corrected chi connectivity index (χ3v) is 6.12. The van der Waals surface area contributed by atoms with Crippen LogP contribution in [0.5, 0.6) is 5.75 Å². The first-order valence-electron chi connectivity index (χ1n) is 9.11. The van der Waals surface area contributed by atoms with Gasteiger partial charge in [-0.05, 0) is 48.9 Å². The fraction of sp³-hybridized carbons (Fsp3) is 0.650.